The van der Waals surface area contributed by atoms with Gasteiger partial charge in [0.25, 0.3) is 0 Å². The van der Waals surface area contributed by atoms with Crippen LogP contribution in [0.25, 0.3) is 16.5 Å². The molecule has 3 heterocycles. The summed E-state index contributed by atoms with van der Waals surface area (Å²) >= 11 is 1.38. The van der Waals surface area contributed by atoms with Gasteiger partial charge in [0.2, 0.25) is 0 Å². The van der Waals surface area contributed by atoms with Crippen LogP contribution in [-0.2, 0) is 15.6 Å². The Kier molecular flexibility index (Phi) is 6.90. The van der Waals surface area contributed by atoms with Crippen LogP contribution in [-0.4, -0.2) is 57.6 Å². The molecular weight excluding hydrogens is 519 g/mol. The predicted octanol–water partition coefficient (Wildman–Crippen LogP) is 3.90. The molecule has 0 unspecified atom stereocenters. The minimum atomic E-state index is -3.75. The molecule has 10 nitrogen and oxygen atoms in total. The van der Waals surface area contributed by atoms with Gasteiger partial charge in [-0.3, -0.25) is 4.57 Å². The Labute approximate surface area is 217 Å². The fourth-order valence-electron chi connectivity index (χ4n) is 4.74. The normalized spacial score (nSPS) is 17.7. The first-order valence-electron chi connectivity index (χ1n) is 11.6. The van der Waals surface area contributed by atoms with Crippen molar-refractivity contribution in [2.45, 2.75) is 43.1 Å². The highest BCUT2D eigenvalue weighted by Gasteiger charge is 2.41. The average molecular weight is 545 g/mol. The Morgan fingerprint density at radius 1 is 1.11 bits per heavy atom. The lowest BCUT2D eigenvalue weighted by Crippen LogP contribution is -2.27. The molecule has 4 aromatic rings. The lowest BCUT2D eigenvalue weighted by atomic mass is 10.1. The summed E-state index contributed by atoms with van der Waals surface area (Å²) < 4.78 is 53.9. The van der Waals surface area contributed by atoms with E-state index in [0.717, 1.165) is 18.1 Å². The largest absolute Gasteiger partial charge is 0.494 e. The van der Waals surface area contributed by atoms with Crippen molar-refractivity contribution in [1.29, 1.82) is 0 Å². The maximum Gasteiger partial charge on any atom is 0.197 e. The van der Waals surface area contributed by atoms with E-state index in [9.17, 15) is 12.8 Å². The number of halogens is 1. The Morgan fingerprint density at radius 3 is 2.43 bits per heavy atom. The van der Waals surface area contributed by atoms with Gasteiger partial charge in [-0.1, -0.05) is 12.5 Å². The molecule has 13 heteroatoms. The lowest BCUT2D eigenvalue weighted by Gasteiger charge is -2.20. The second-order valence-electron chi connectivity index (χ2n) is 8.72. The van der Waals surface area contributed by atoms with Gasteiger partial charge in [-0.05, 0) is 31.9 Å². The molecule has 0 radical (unpaired) electrons. The number of hydrogen-bond acceptors (Lipinski definition) is 10. The minimum absolute atomic E-state index is 0.205. The smallest absolute Gasteiger partial charge is 0.197 e. The fraction of sp³-hybridized carbons (Fsp3) is 0.375. The van der Waals surface area contributed by atoms with E-state index in [1.807, 2.05) is 12.3 Å². The van der Waals surface area contributed by atoms with Gasteiger partial charge >= 0.3 is 0 Å². The molecule has 0 aliphatic heterocycles. The summed E-state index contributed by atoms with van der Waals surface area (Å²) in [5.41, 5.74) is 1.29. The Balaban J connectivity index is 1.60. The van der Waals surface area contributed by atoms with E-state index < -0.39 is 26.8 Å². The number of benzene rings is 1. The Hall–Kier alpha value is -3.45. The molecule has 1 aliphatic rings. The average Bonchev–Trinajstić information content (AvgIpc) is 3.64. The number of methoxy groups -OCH3 is 2. The molecule has 0 saturated heterocycles. The Morgan fingerprint density at radius 2 is 1.81 bits per heavy atom. The number of aryl methyl sites for hydroxylation is 1. The maximum atomic E-state index is 13.8. The van der Waals surface area contributed by atoms with Gasteiger partial charge in [0.15, 0.2) is 32.3 Å². The fourth-order valence-corrected chi connectivity index (χ4v) is 7.56. The first-order chi connectivity index (χ1) is 17.8. The molecule has 0 spiro atoms. The van der Waals surface area contributed by atoms with Crippen molar-refractivity contribution in [2.24, 2.45) is 0 Å². The molecule has 1 saturated carbocycles. The molecule has 1 aromatic carbocycles. The Bertz CT molecular complexity index is 1500. The van der Waals surface area contributed by atoms with E-state index in [1.54, 1.807) is 22.8 Å². The zero-order valence-corrected chi connectivity index (χ0v) is 22.1. The number of ether oxygens (including phenoxy) is 2. The molecule has 2 atom stereocenters. The van der Waals surface area contributed by atoms with Gasteiger partial charge in [0.1, 0.15) is 28.8 Å². The topological polar surface area (TPSA) is 122 Å². The molecule has 3 aromatic heterocycles. The molecule has 1 fully saturated rings. The number of sulfone groups is 1. The number of para-hydroxylation sites is 1. The quantitative estimate of drug-likeness (QED) is 0.325. The van der Waals surface area contributed by atoms with Gasteiger partial charge in [-0.2, -0.15) is 0 Å². The number of thiazole rings is 1. The minimum Gasteiger partial charge on any atom is -0.494 e. The van der Waals surface area contributed by atoms with Crippen molar-refractivity contribution in [3.8, 4) is 28.0 Å². The summed E-state index contributed by atoms with van der Waals surface area (Å²) in [6.45, 7) is 1.87. The van der Waals surface area contributed by atoms with Crippen LogP contribution in [0.1, 0.15) is 42.5 Å². The van der Waals surface area contributed by atoms with Crippen LogP contribution >= 0.6 is 11.3 Å². The third kappa shape index (κ3) is 4.80. The van der Waals surface area contributed by atoms with Crippen molar-refractivity contribution in [1.82, 2.24) is 29.7 Å². The predicted molar refractivity (Wildman–Crippen MR) is 135 cm³/mol. The van der Waals surface area contributed by atoms with E-state index >= 15 is 0 Å². The maximum absolute atomic E-state index is 13.8. The molecule has 0 bridgehead atoms. The zero-order valence-electron chi connectivity index (χ0n) is 20.5. The van der Waals surface area contributed by atoms with Gasteiger partial charge in [0, 0.05) is 17.0 Å². The lowest BCUT2D eigenvalue weighted by molar-refractivity contribution is 0.390. The van der Waals surface area contributed by atoms with Crippen molar-refractivity contribution >= 4 is 21.2 Å². The highest BCUT2D eigenvalue weighted by Crippen LogP contribution is 2.40. The molecule has 0 N–H and O–H groups in total. The standard InChI is InChI=1S/C24H25FN6O4S2/c1-14-12-36-24(28-14)23-30-29-20(31(23)21-17(34-2)7-5-8-18(21)35-3)13-37(32,33)19-9-4-6-16(19)22-26-10-15(25)11-27-22/h5,7-8,10-12,16,19H,4,6,9,13H2,1-3H3/t16-,19-/m0/s1. The first-order valence-corrected chi connectivity index (χ1v) is 14.2. The van der Waals surface area contributed by atoms with Crippen LogP contribution in [0.15, 0.2) is 36.0 Å². The SMILES string of the molecule is COc1cccc(OC)c1-n1c(CS(=O)(=O)[C@H]2CCC[C@@H]2c2ncc(F)cn2)nnc1-c1nc(C)cs1. The molecule has 37 heavy (non-hydrogen) atoms. The monoisotopic (exact) mass is 544 g/mol. The molecular formula is C24H25FN6O4S2. The van der Waals surface area contributed by atoms with Gasteiger partial charge in [0.05, 0.1) is 31.9 Å². The molecule has 194 valence electrons. The van der Waals surface area contributed by atoms with Crippen molar-refractivity contribution in [2.75, 3.05) is 14.2 Å². The van der Waals surface area contributed by atoms with Crippen molar-refractivity contribution in [3.05, 3.63) is 59.1 Å². The summed E-state index contributed by atoms with van der Waals surface area (Å²) in [4.78, 5) is 12.7. The van der Waals surface area contributed by atoms with Gasteiger partial charge < -0.3 is 9.47 Å². The van der Waals surface area contributed by atoms with Gasteiger partial charge in [-0.15, -0.1) is 21.5 Å². The third-order valence-corrected chi connectivity index (χ3v) is 9.49. The second kappa shape index (κ2) is 10.1. The van der Waals surface area contributed by atoms with Crippen LogP contribution in [0.4, 0.5) is 4.39 Å². The van der Waals surface area contributed by atoms with Crippen LogP contribution < -0.4 is 9.47 Å². The third-order valence-electron chi connectivity index (χ3n) is 6.38. The van der Waals surface area contributed by atoms with E-state index in [4.69, 9.17) is 9.47 Å². The van der Waals surface area contributed by atoms with Crippen LogP contribution in [0.3, 0.4) is 0 Å². The van der Waals surface area contributed by atoms with Crippen LogP contribution in [0.5, 0.6) is 11.5 Å². The van der Waals surface area contributed by atoms with Gasteiger partial charge in [-0.25, -0.2) is 27.8 Å². The second-order valence-corrected chi connectivity index (χ2v) is 11.8. The highest BCUT2D eigenvalue weighted by atomic mass is 32.2. The van der Waals surface area contributed by atoms with Crippen LogP contribution in [0, 0.1) is 12.7 Å². The zero-order chi connectivity index (χ0) is 26.2. The highest BCUT2D eigenvalue weighted by molar-refractivity contribution is 7.91. The number of rotatable bonds is 8. The number of hydrogen-bond donors (Lipinski definition) is 0. The van der Waals surface area contributed by atoms with E-state index in [2.05, 4.69) is 25.1 Å². The molecule has 0 amide bonds. The molecule has 1 aliphatic carbocycles. The summed E-state index contributed by atoms with van der Waals surface area (Å²) in [5.74, 6) is 0.477. The molecule has 5 rings (SSSR count). The summed E-state index contributed by atoms with van der Waals surface area (Å²) in [6.07, 6.45) is 3.89. The number of aromatic nitrogens is 6. The van der Waals surface area contributed by atoms with Crippen LogP contribution in [0.2, 0.25) is 0 Å². The van der Waals surface area contributed by atoms with E-state index in [-0.39, 0.29) is 11.6 Å². The van der Waals surface area contributed by atoms with Crippen molar-refractivity contribution < 1.29 is 22.3 Å². The van der Waals surface area contributed by atoms with E-state index in [1.165, 1.54) is 25.6 Å². The van der Waals surface area contributed by atoms with Crippen molar-refractivity contribution in [3.63, 3.8) is 0 Å². The summed E-state index contributed by atoms with van der Waals surface area (Å²) in [6, 6.07) is 5.29. The summed E-state index contributed by atoms with van der Waals surface area (Å²) in [5, 5.41) is 10.4. The number of nitrogens with zero attached hydrogens (tertiary/aromatic N) is 6. The summed E-state index contributed by atoms with van der Waals surface area (Å²) in [7, 11) is -0.698. The first kappa shape index (κ1) is 25.2. The van der Waals surface area contributed by atoms with E-state index in [0.29, 0.717) is 53.1 Å².